The van der Waals surface area contributed by atoms with Crippen LogP contribution in [0.25, 0.3) is 11.5 Å². The number of aromatic nitrogens is 2. The molecule has 5 nitrogen and oxygen atoms in total. The number of fused-ring (bicyclic) bond motifs is 1. The summed E-state index contributed by atoms with van der Waals surface area (Å²) in [6, 6.07) is 14.4. The average Bonchev–Trinajstić information content (AvgIpc) is 3.22. The highest BCUT2D eigenvalue weighted by molar-refractivity contribution is 7.99. The summed E-state index contributed by atoms with van der Waals surface area (Å²) >= 11 is 1.28. The number of carbonyl (C=O) groups is 1. The lowest BCUT2D eigenvalue weighted by Gasteiger charge is -2.22. The maximum Gasteiger partial charge on any atom is 0.277 e. The minimum Gasteiger partial charge on any atom is -0.411 e. The Balaban J connectivity index is 1.45. The molecular weight excluding hydrogens is 358 g/mol. The van der Waals surface area contributed by atoms with Crippen LogP contribution in [0.4, 0.5) is 5.69 Å². The standard InChI is InChI=1S/C21H21N3O2S/c1-13-8-14(2)10-17(9-13)20-22-23-21(26-20)27-12-19(25)24-15(3)11-16-6-4-5-7-18(16)24/h4-10,15H,11-12H2,1-3H3. The number of carbonyl (C=O) groups excluding carboxylic acids is 1. The molecule has 0 aliphatic carbocycles. The second-order valence-electron chi connectivity index (χ2n) is 6.98. The molecule has 1 aliphatic rings. The van der Waals surface area contributed by atoms with Crippen molar-refractivity contribution in [3.8, 4) is 11.5 Å². The molecule has 1 amide bonds. The Kier molecular flexibility index (Phi) is 4.74. The van der Waals surface area contributed by atoms with E-state index in [1.165, 1.54) is 17.3 Å². The molecule has 3 aromatic rings. The van der Waals surface area contributed by atoms with Crippen LogP contribution in [0.2, 0.25) is 0 Å². The van der Waals surface area contributed by atoms with Crippen molar-refractivity contribution in [3.63, 3.8) is 0 Å². The lowest BCUT2D eigenvalue weighted by molar-refractivity contribution is -0.116. The minimum atomic E-state index is 0.0589. The number of anilines is 1. The van der Waals surface area contributed by atoms with Gasteiger partial charge in [-0.05, 0) is 51.0 Å². The number of benzene rings is 2. The number of para-hydroxylation sites is 1. The third-order valence-electron chi connectivity index (χ3n) is 4.67. The van der Waals surface area contributed by atoms with Gasteiger partial charge in [-0.1, -0.05) is 47.2 Å². The second-order valence-corrected chi connectivity index (χ2v) is 7.91. The third-order valence-corrected chi connectivity index (χ3v) is 5.47. The SMILES string of the molecule is Cc1cc(C)cc(-c2nnc(SCC(=O)N3c4ccccc4CC3C)o2)c1. The smallest absolute Gasteiger partial charge is 0.277 e. The third kappa shape index (κ3) is 3.62. The van der Waals surface area contributed by atoms with Crippen molar-refractivity contribution in [2.24, 2.45) is 0 Å². The summed E-state index contributed by atoms with van der Waals surface area (Å²) in [5.74, 6) is 0.813. The van der Waals surface area contributed by atoms with Gasteiger partial charge < -0.3 is 9.32 Å². The van der Waals surface area contributed by atoms with Gasteiger partial charge in [-0.25, -0.2) is 0 Å². The fourth-order valence-corrected chi connectivity index (χ4v) is 4.24. The van der Waals surface area contributed by atoms with Gasteiger partial charge in [-0.15, -0.1) is 10.2 Å². The number of hydrogen-bond donors (Lipinski definition) is 0. The Bertz CT molecular complexity index is 978. The summed E-state index contributed by atoms with van der Waals surface area (Å²) in [4.78, 5) is 14.7. The minimum absolute atomic E-state index is 0.0589. The van der Waals surface area contributed by atoms with E-state index < -0.39 is 0 Å². The number of hydrogen-bond acceptors (Lipinski definition) is 5. The van der Waals surface area contributed by atoms with Crippen LogP contribution >= 0.6 is 11.8 Å². The molecule has 0 saturated heterocycles. The highest BCUT2D eigenvalue weighted by Gasteiger charge is 2.30. The number of nitrogens with zero attached hydrogens (tertiary/aromatic N) is 3. The summed E-state index contributed by atoms with van der Waals surface area (Å²) < 4.78 is 5.76. The summed E-state index contributed by atoms with van der Waals surface area (Å²) in [5, 5.41) is 8.64. The van der Waals surface area contributed by atoms with E-state index in [9.17, 15) is 4.79 Å². The summed E-state index contributed by atoms with van der Waals surface area (Å²) in [6.45, 7) is 6.15. The molecule has 2 aromatic carbocycles. The quantitative estimate of drug-likeness (QED) is 0.628. The van der Waals surface area contributed by atoms with Gasteiger partial charge in [0.1, 0.15) is 0 Å². The largest absolute Gasteiger partial charge is 0.411 e. The number of rotatable bonds is 4. The highest BCUT2D eigenvalue weighted by atomic mass is 32.2. The van der Waals surface area contributed by atoms with E-state index in [-0.39, 0.29) is 17.7 Å². The molecule has 0 radical (unpaired) electrons. The van der Waals surface area contributed by atoms with Crippen LogP contribution in [0.15, 0.2) is 52.1 Å². The molecule has 1 aromatic heterocycles. The zero-order valence-electron chi connectivity index (χ0n) is 15.6. The van der Waals surface area contributed by atoms with Crippen LogP contribution in [0, 0.1) is 13.8 Å². The van der Waals surface area contributed by atoms with Crippen LogP contribution in [0.3, 0.4) is 0 Å². The molecule has 0 saturated carbocycles. The Labute approximate surface area is 162 Å². The van der Waals surface area contributed by atoms with Crippen molar-refractivity contribution in [3.05, 3.63) is 59.2 Å². The van der Waals surface area contributed by atoms with Gasteiger partial charge in [0.25, 0.3) is 5.22 Å². The molecule has 0 fully saturated rings. The van der Waals surface area contributed by atoms with Crippen LogP contribution in [-0.4, -0.2) is 27.9 Å². The highest BCUT2D eigenvalue weighted by Crippen LogP contribution is 2.33. The van der Waals surface area contributed by atoms with Gasteiger partial charge in [0.2, 0.25) is 11.8 Å². The lowest BCUT2D eigenvalue weighted by Crippen LogP contribution is -2.36. The zero-order valence-corrected chi connectivity index (χ0v) is 16.4. The molecule has 1 unspecified atom stereocenters. The lowest BCUT2D eigenvalue weighted by atomic mass is 10.1. The van der Waals surface area contributed by atoms with Gasteiger partial charge in [-0.3, -0.25) is 4.79 Å². The second kappa shape index (κ2) is 7.19. The van der Waals surface area contributed by atoms with Crippen LogP contribution in [-0.2, 0) is 11.2 Å². The molecule has 0 bridgehead atoms. The van der Waals surface area contributed by atoms with Gasteiger partial charge in [0.05, 0.1) is 5.75 Å². The predicted molar refractivity (Wildman–Crippen MR) is 107 cm³/mol. The normalized spacial score (nSPS) is 15.8. The van der Waals surface area contributed by atoms with E-state index >= 15 is 0 Å². The van der Waals surface area contributed by atoms with Gasteiger partial charge in [0.15, 0.2) is 0 Å². The van der Waals surface area contributed by atoms with Crippen molar-refractivity contribution in [1.82, 2.24) is 10.2 Å². The average molecular weight is 379 g/mol. The van der Waals surface area contributed by atoms with Crippen molar-refractivity contribution >= 4 is 23.4 Å². The molecule has 1 atom stereocenters. The van der Waals surface area contributed by atoms with Gasteiger partial charge in [-0.2, -0.15) is 0 Å². The van der Waals surface area contributed by atoms with Crippen molar-refractivity contribution in [1.29, 1.82) is 0 Å². The summed E-state index contributed by atoms with van der Waals surface area (Å²) in [6.07, 6.45) is 0.893. The van der Waals surface area contributed by atoms with E-state index in [0.29, 0.717) is 11.1 Å². The molecule has 138 valence electrons. The van der Waals surface area contributed by atoms with Crippen LogP contribution in [0.1, 0.15) is 23.6 Å². The molecular formula is C21H21N3O2S. The fourth-order valence-electron chi connectivity index (χ4n) is 3.62. The number of aryl methyl sites for hydroxylation is 2. The Morgan fingerprint density at radius 2 is 1.93 bits per heavy atom. The first-order chi connectivity index (χ1) is 13.0. The maximum atomic E-state index is 12.8. The molecule has 0 spiro atoms. The van der Waals surface area contributed by atoms with Crippen molar-refractivity contribution in [2.45, 2.75) is 38.5 Å². The monoisotopic (exact) mass is 379 g/mol. The molecule has 27 heavy (non-hydrogen) atoms. The van der Waals surface area contributed by atoms with Crippen LogP contribution in [0.5, 0.6) is 0 Å². The Morgan fingerprint density at radius 3 is 2.70 bits per heavy atom. The van der Waals surface area contributed by atoms with Gasteiger partial charge >= 0.3 is 0 Å². The van der Waals surface area contributed by atoms with Crippen molar-refractivity contribution in [2.75, 3.05) is 10.7 Å². The molecule has 0 N–H and O–H groups in total. The first-order valence-electron chi connectivity index (χ1n) is 8.96. The van der Waals surface area contributed by atoms with Crippen molar-refractivity contribution < 1.29 is 9.21 Å². The molecule has 2 heterocycles. The van der Waals surface area contributed by atoms with E-state index in [1.807, 2.05) is 49.1 Å². The Hall–Kier alpha value is -2.60. The fraction of sp³-hybridized carbons (Fsp3) is 0.286. The van der Waals surface area contributed by atoms with E-state index in [2.05, 4.69) is 29.3 Å². The first-order valence-corrected chi connectivity index (χ1v) is 9.95. The van der Waals surface area contributed by atoms with E-state index in [4.69, 9.17) is 4.42 Å². The number of thioether (sulfide) groups is 1. The Morgan fingerprint density at radius 1 is 1.19 bits per heavy atom. The van der Waals surface area contributed by atoms with E-state index in [1.54, 1.807) is 0 Å². The molecule has 6 heteroatoms. The first kappa shape index (κ1) is 17.8. The van der Waals surface area contributed by atoms with Crippen LogP contribution < -0.4 is 4.90 Å². The predicted octanol–water partition coefficient (Wildman–Crippen LogP) is 4.42. The molecule has 1 aliphatic heterocycles. The maximum absolute atomic E-state index is 12.8. The summed E-state index contributed by atoms with van der Waals surface area (Å²) in [7, 11) is 0. The number of amides is 1. The topological polar surface area (TPSA) is 59.2 Å². The molecule has 4 rings (SSSR count). The zero-order chi connectivity index (χ0) is 19.0. The van der Waals surface area contributed by atoms with E-state index in [0.717, 1.165) is 28.8 Å². The summed E-state index contributed by atoms with van der Waals surface area (Å²) in [5.41, 5.74) is 5.43. The van der Waals surface area contributed by atoms with Gasteiger partial charge in [0, 0.05) is 17.3 Å².